The molecule has 25 heavy (non-hydrogen) atoms. The maximum Gasteiger partial charge on any atom is 0.252 e. The minimum atomic E-state index is -0.178. The minimum absolute atomic E-state index is 0.157. The summed E-state index contributed by atoms with van der Waals surface area (Å²) in [5.74, 6) is -0.335. The molecule has 0 spiro atoms. The fourth-order valence-electron chi connectivity index (χ4n) is 2.99. The Morgan fingerprint density at radius 1 is 1.04 bits per heavy atom. The minimum Gasteiger partial charge on any atom is -0.367 e. The lowest BCUT2D eigenvalue weighted by Gasteiger charge is -2.36. The van der Waals surface area contributed by atoms with Crippen LogP contribution in [0.5, 0.6) is 0 Å². The van der Waals surface area contributed by atoms with Gasteiger partial charge in [0.1, 0.15) is 5.82 Å². The molecule has 0 bridgehead atoms. The molecule has 1 N–H and O–H groups in total. The summed E-state index contributed by atoms with van der Waals surface area (Å²) < 4.78 is 13.8. The Labute approximate surface area is 152 Å². The van der Waals surface area contributed by atoms with Gasteiger partial charge in [0, 0.05) is 39.3 Å². The van der Waals surface area contributed by atoms with Gasteiger partial charge in [-0.2, -0.15) is 0 Å². The van der Waals surface area contributed by atoms with E-state index >= 15 is 0 Å². The molecule has 0 atom stereocenters. The van der Waals surface area contributed by atoms with Crippen molar-refractivity contribution in [2.75, 3.05) is 44.2 Å². The van der Waals surface area contributed by atoms with Gasteiger partial charge >= 0.3 is 0 Å². The van der Waals surface area contributed by atoms with Crippen molar-refractivity contribution < 1.29 is 9.18 Å². The maximum absolute atomic E-state index is 13.8. The number of para-hydroxylation sites is 1. The molecular formula is C19H21ClFN3O. The number of carbonyl (C=O) groups excluding carboxylic acids is 1. The van der Waals surface area contributed by atoms with Crippen molar-refractivity contribution in [3.8, 4) is 0 Å². The highest BCUT2D eigenvalue weighted by atomic mass is 35.5. The zero-order chi connectivity index (χ0) is 17.6. The average molecular weight is 362 g/mol. The lowest BCUT2D eigenvalue weighted by molar-refractivity contribution is 0.0948. The van der Waals surface area contributed by atoms with Gasteiger partial charge in [-0.3, -0.25) is 9.69 Å². The fourth-order valence-corrected chi connectivity index (χ4v) is 3.21. The average Bonchev–Trinajstić information content (AvgIpc) is 2.63. The Morgan fingerprint density at radius 2 is 1.72 bits per heavy atom. The number of nitrogens with one attached hydrogen (secondary N) is 1. The van der Waals surface area contributed by atoms with Gasteiger partial charge in [-0.25, -0.2) is 4.39 Å². The lowest BCUT2D eigenvalue weighted by atomic mass is 10.2. The molecule has 0 unspecified atom stereocenters. The monoisotopic (exact) mass is 361 g/mol. The first-order valence-corrected chi connectivity index (χ1v) is 8.77. The SMILES string of the molecule is O=C(NCCN1CCN(c2ccccc2F)CC1)c1ccccc1Cl. The number of amides is 1. The van der Waals surface area contributed by atoms with Crippen molar-refractivity contribution in [1.82, 2.24) is 10.2 Å². The van der Waals surface area contributed by atoms with Crippen LogP contribution in [0, 0.1) is 5.82 Å². The molecule has 1 aliphatic rings. The van der Waals surface area contributed by atoms with Gasteiger partial charge in [-0.05, 0) is 24.3 Å². The van der Waals surface area contributed by atoms with Crippen LogP contribution >= 0.6 is 11.6 Å². The Hall–Kier alpha value is -2.11. The number of hydrogen-bond donors (Lipinski definition) is 1. The van der Waals surface area contributed by atoms with E-state index in [1.807, 2.05) is 12.1 Å². The topological polar surface area (TPSA) is 35.6 Å². The predicted molar refractivity (Wildman–Crippen MR) is 98.8 cm³/mol. The smallest absolute Gasteiger partial charge is 0.252 e. The summed E-state index contributed by atoms with van der Waals surface area (Å²) in [4.78, 5) is 16.4. The quantitative estimate of drug-likeness (QED) is 0.889. The summed E-state index contributed by atoms with van der Waals surface area (Å²) in [5, 5.41) is 3.36. The summed E-state index contributed by atoms with van der Waals surface area (Å²) >= 11 is 6.03. The Bertz CT molecular complexity index is 732. The molecule has 4 nitrogen and oxygen atoms in total. The van der Waals surface area contributed by atoms with Crippen LogP contribution in [-0.4, -0.2) is 50.1 Å². The number of rotatable bonds is 5. The summed E-state index contributed by atoms with van der Waals surface area (Å²) in [7, 11) is 0. The first-order valence-electron chi connectivity index (χ1n) is 8.40. The normalized spacial score (nSPS) is 15.2. The third-order valence-corrected chi connectivity index (χ3v) is 4.73. The number of hydrogen-bond acceptors (Lipinski definition) is 3. The zero-order valence-electron chi connectivity index (χ0n) is 13.9. The summed E-state index contributed by atoms with van der Waals surface area (Å²) in [6, 6.07) is 13.9. The van der Waals surface area contributed by atoms with Crippen molar-refractivity contribution in [2.45, 2.75) is 0 Å². The van der Waals surface area contributed by atoms with Gasteiger partial charge in [0.25, 0.3) is 5.91 Å². The van der Waals surface area contributed by atoms with E-state index in [0.29, 0.717) is 22.8 Å². The molecule has 0 radical (unpaired) electrons. The van der Waals surface area contributed by atoms with Crippen molar-refractivity contribution in [1.29, 1.82) is 0 Å². The van der Waals surface area contributed by atoms with Gasteiger partial charge in [0.2, 0.25) is 0 Å². The van der Waals surface area contributed by atoms with Gasteiger partial charge in [0.15, 0.2) is 0 Å². The van der Waals surface area contributed by atoms with Crippen LogP contribution in [0.2, 0.25) is 5.02 Å². The van der Waals surface area contributed by atoms with Gasteiger partial charge in [0.05, 0.1) is 16.3 Å². The van der Waals surface area contributed by atoms with Gasteiger partial charge in [-0.1, -0.05) is 35.9 Å². The van der Waals surface area contributed by atoms with Crippen molar-refractivity contribution in [2.24, 2.45) is 0 Å². The molecular weight excluding hydrogens is 341 g/mol. The Balaban J connectivity index is 1.43. The molecule has 1 heterocycles. The van der Waals surface area contributed by atoms with E-state index in [1.54, 1.807) is 30.3 Å². The molecule has 0 aliphatic carbocycles. The van der Waals surface area contributed by atoms with E-state index in [1.165, 1.54) is 6.07 Å². The molecule has 0 saturated carbocycles. The molecule has 1 fully saturated rings. The largest absolute Gasteiger partial charge is 0.367 e. The van der Waals surface area contributed by atoms with Crippen molar-refractivity contribution in [3.05, 3.63) is 64.9 Å². The van der Waals surface area contributed by atoms with Crippen molar-refractivity contribution >= 4 is 23.2 Å². The number of piperazine rings is 1. The highest BCUT2D eigenvalue weighted by Gasteiger charge is 2.19. The van der Waals surface area contributed by atoms with E-state index in [0.717, 1.165) is 32.7 Å². The number of halogens is 2. The van der Waals surface area contributed by atoms with Crippen LogP contribution in [0.3, 0.4) is 0 Å². The highest BCUT2D eigenvalue weighted by molar-refractivity contribution is 6.33. The molecule has 2 aromatic carbocycles. The third kappa shape index (κ3) is 4.50. The standard InChI is InChI=1S/C19H21ClFN3O/c20-16-6-2-1-5-15(16)19(25)22-9-10-23-11-13-24(14-12-23)18-8-4-3-7-17(18)21/h1-8H,9-14H2,(H,22,25). The van der Waals surface area contributed by atoms with Crippen LogP contribution in [0.15, 0.2) is 48.5 Å². The van der Waals surface area contributed by atoms with E-state index in [2.05, 4.69) is 15.1 Å². The fraction of sp³-hybridized carbons (Fsp3) is 0.316. The van der Waals surface area contributed by atoms with E-state index in [-0.39, 0.29) is 11.7 Å². The number of benzene rings is 2. The number of carbonyl (C=O) groups is 1. The summed E-state index contributed by atoms with van der Waals surface area (Å²) in [5.41, 5.74) is 1.16. The van der Waals surface area contributed by atoms with Crippen molar-refractivity contribution in [3.63, 3.8) is 0 Å². The van der Waals surface area contributed by atoms with Crippen LogP contribution in [0.25, 0.3) is 0 Å². The van der Waals surface area contributed by atoms with Gasteiger partial charge < -0.3 is 10.2 Å². The van der Waals surface area contributed by atoms with E-state index < -0.39 is 0 Å². The second-order valence-corrected chi connectivity index (χ2v) is 6.42. The first-order chi connectivity index (χ1) is 12.1. The first kappa shape index (κ1) is 17.7. The highest BCUT2D eigenvalue weighted by Crippen LogP contribution is 2.20. The molecule has 132 valence electrons. The maximum atomic E-state index is 13.8. The molecule has 6 heteroatoms. The third-order valence-electron chi connectivity index (χ3n) is 4.40. The number of nitrogens with zero attached hydrogens (tertiary/aromatic N) is 2. The Morgan fingerprint density at radius 3 is 2.44 bits per heavy atom. The summed E-state index contributed by atoms with van der Waals surface area (Å²) in [6.45, 7) is 4.57. The van der Waals surface area contributed by atoms with E-state index in [4.69, 9.17) is 11.6 Å². The van der Waals surface area contributed by atoms with Crippen LogP contribution in [0.4, 0.5) is 10.1 Å². The summed E-state index contributed by atoms with van der Waals surface area (Å²) in [6.07, 6.45) is 0. The van der Waals surface area contributed by atoms with Crippen LogP contribution in [0.1, 0.15) is 10.4 Å². The van der Waals surface area contributed by atoms with Crippen LogP contribution in [-0.2, 0) is 0 Å². The lowest BCUT2D eigenvalue weighted by Crippen LogP contribution is -2.48. The van der Waals surface area contributed by atoms with Gasteiger partial charge in [-0.15, -0.1) is 0 Å². The second-order valence-electron chi connectivity index (χ2n) is 6.02. The molecule has 2 aromatic rings. The predicted octanol–water partition coefficient (Wildman–Crippen LogP) is 3.03. The molecule has 3 rings (SSSR count). The molecule has 1 saturated heterocycles. The second kappa shape index (κ2) is 8.32. The molecule has 1 aliphatic heterocycles. The molecule has 0 aromatic heterocycles. The number of anilines is 1. The van der Waals surface area contributed by atoms with E-state index in [9.17, 15) is 9.18 Å². The van der Waals surface area contributed by atoms with Crippen LogP contribution < -0.4 is 10.2 Å². The Kier molecular flexibility index (Phi) is 5.89. The molecule has 1 amide bonds. The zero-order valence-corrected chi connectivity index (χ0v) is 14.7.